The second-order valence-electron chi connectivity index (χ2n) is 8.91. The number of hydrogen-bond acceptors (Lipinski definition) is 7. The predicted molar refractivity (Wildman–Crippen MR) is 147 cm³/mol. The average Bonchev–Trinajstić information content (AvgIpc) is 2.98. The predicted octanol–water partition coefficient (Wildman–Crippen LogP) is 2.90. The number of rotatable bonds is 13. The molecule has 0 unspecified atom stereocenters. The largest absolute Gasteiger partial charge is 0.497 e. The Hall–Kier alpha value is -4.86. The van der Waals surface area contributed by atoms with Gasteiger partial charge in [0, 0.05) is 6.42 Å². The van der Waals surface area contributed by atoms with Gasteiger partial charge in [-0.05, 0) is 35.7 Å². The Morgan fingerprint density at radius 3 is 1.93 bits per heavy atom. The van der Waals surface area contributed by atoms with Crippen molar-refractivity contribution in [1.82, 2.24) is 16.0 Å². The van der Waals surface area contributed by atoms with Crippen molar-refractivity contribution < 1.29 is 33.4 Å². The summed E-state index contributed by atoms with van der Waals surface area (Å²) in [6, 6.07) is 23.4. The Labute approximate surface area is 233 Å². The summed E-state index contributed by atoms with van der Waals surface area (Å²) in [5.41, 5.74) is 2.40. The highest BCUT2D eigenvalue weighted by Gasteiger charge is 2.26. The molecule has 3 aromatic carbocycles. The lowest BCUT2D eigenvalue weighted by molar-refractivity contribution is -0.149. The van der Waals surface area contributed by atoms with Crippen molar-refractivity contribution in [3.8, 4) is 5.75 Å². The van der Waals surface area contributed by atoms with Gasteiger partial charge in [-0.25, -0.2) is 9.59 Å². The maximum atomic E-state index is 12.9. The van der Waals surface area contributed by atoms with Crippen LogP contribution in [0.4, 0.5) is 4.79 Å². The van der Waals surface area contributed by atoms with Crippen LogP contribution in [0.1, 0.15) is 23.6 Å². The first-order valence-corrected chi connectivity index (χ1v) is 12.7. The number of hydrogen-bond donors (Lipinski definition) is 3. The van der Waals surface area contributed by atoms with Gasteiger partial charge in [0.2, 0.25) is 11.8 Å². The van der Waals surface area contributed by atoms with E-state index >= 15 is 0 Å². The van der Waals surface area contributed by atoms with E-state index in [1.807, 2.05) is 60.7 Å². The molecule has 0 saturated heterocycles. The Morgan fingerprint density at radius 1 is 0.725 bits per heavy atom. The number of carbonyl (C=O) groups is 4. The van der Waals surface area contributed by atoms with E-state index < -0.39 is 42.5 Å². The number of methoxy groups -OCH3 is 1. The Morgan fingerprint density at radius 2 is 1.30 bits per heavy atom. The highest BCUT2D eigenvalue weighted by atomic mass is 16.5. The molecule has 0 heterocycles. The number of alkyl carbamates (subject to hydrolysis) is 1. The zero-order valence-corrected chi connectivity index (χ0v) is 22.4. The minimum Gasteiger partial charge on any atom is -0.497 e. The first-order chi connectivity index (χ1) is 19.3. The Balaban J connectivity index is 1.47. The van der Waals surface area contributed by atoms with Crippen LogP contribution in [-0.2, 0) is 43.5 Å². The third-order valence-electron chi connectivity index (χ3n) is 5.80. The molecule has 0 aromatic heterocycles. The molecule has 3 N–H and O–H groups in total. The molecule has 0 aliphatic carbocycles. The van der Waals surface area contributed by atoms with Crippen LogP contribution in [0, 0.1) is 0 Å². The normalized spacial score (nSPS) is 11.8. The Bertz CT molecular complexity index is 1250. The summed E-state index contributed by atoms with van der Waals surface area (Å²) in [5, 5.41) is 7.51. The Kier molecular flexibility index (Phi) is 11.5. The van der Waals surface area contributed by atoms with E-state index in [-0.39, 0.29) is 19.6 Å². The molecule has 0 aliphatic rings. The van der Waals surface area contributed by atoms with Gasteiger partial charge >= 0.3 is 12.1 Å². The first-order valence-electron chi connectivity index (χ1n) is 12.7. The van der Waals surface area contributed by atoms with E-state index in [9.17, 15) is 19.2 Å². The molecule has 210 valence electrons. The summed E-state index contributed by atoms with van der Waals surface area (Å²) in [5.74, 6) is -1.09. The molecule has 3 aromatic rings. The minimum atomic E-state index is -0.982. The highest BCUT2D eigenvalue weighted by molar-refractivity contribution is 5.91. The zero-order chi connectivity index (χ0) is 28.7. The van der Waals surface area contributed by atoms with Crippen molar-refractivity contribution in [2.75, 3.05) is 13.7 Å². The van der Waals surface area contributed by atoms with Crippen molar-refractivity contribution in [3.05, 3.63) is 102 Å². The van der Waals surface area contributed by atoms with Gasteiger partial charge in [-0.1, -0.05) is 72.8 Å². The van der Waals surface area contributed by atoms with E-state index in [0.29, 0.717) is 5.75 Å². The summed E-state index contributed by atoms with van der Waals surface area (Å²) in [7, 11) is 1.55. The number of ether oxygens (including phenoxy) is 3. The maximum absolute atomic E-state index is 12.9. The van der Waals surface area contributed by atoms with Gasteiger partial charge in [0.1, 0.15) is 37.6 Å². The van der Waals surface area contributed by atoms with Gasteiger partial charge in [0.15, 0.2) is 0 Å². The number of carbonyl (C=O) groups excluding carboxylic acids is 4. The molecule has 3 amide bonds. The molecule has 3 rings (SSSR count). The summed E-state index contributed by atoms with van der Waals surface area (Å²) in [6.07, 6.45) is -0.574. The van der Waals surface area contributed by atoms with Crippen LogP contribution in [0.15, 0.2) is 84.9 Å². The van der Waals surface area contributed by atoms with Crippen LogP contribution in [0.5, 0.6) is 5.75 Å². The molecule has 0 saturated carbocycles. The quantitative estimate of drug-likeness (QED) is 0.280. The number of esters is 1. The fourth-order valence-electron chi connectivity index (χ4n) is 3.60. The molecule has 2 atom stereocenters. The molecule has 0 bridgehead atoms. The van der Waals surface area contributed by atoms with Gasteiger partial charge in [-0.2, -0.15) is 0 Å². The second kappa shape index (κ2) is 15.5. The van der Waals surface area contributed by atoms with E-state index in [0.717, 1.165) is 16.7 Å². The maximum Gasteiger partial charge on any atom is 0.407 e. The average molecular weight is 548 g/mol. The van der Waals surface area contributed by atoms with E-state index in [4.69, 9.17) is 14.2 Å². The van der Waals surface area contributed by atoms with Crippen LogP contribution in [-0.4, -0.2) is 49.6 Å². The SMILES string of the molecule is COc1ccc(COC(=O)NCC(=O)N[C@H](C)C(=O)N[C@@H](Cc2ccccc2)C(=O)OCc2ccccc2)cc1. The lowest BCUT2D eigenvalue weighted by Gasteiger charge is -2.21. The molecular formula is C30H33N3O7. The fraction of sp³-hybridized carbons (Fsp3) is 0.267. The lowest BCUT2D eigenvalue weighted by atomic mass is 10.1. The molecule has 0 radical (unpaired) electrons. The number of benzene rings is 3. The second-order valence-corrected chi connectivity index (χ2v) is 8.91. The molecule has 0 aliphatic heterocycles. The van der Waals surface area contributed by atoms with Crippen LogP contribution < -0.4 is 20.7 Å². The van der Waals surface area contributed by atoms with E-state index in [1.54, 1.807) is 31.4 Å². The monoisotopic (exact) mass is 547 g/mol. The fourth-order valence-corrected chi connectivity index (χ4v) is 3.60. The van der Waals surface area contributed by atoms with E-state index in [1.165, 1.54) is 6.92 Å². The minimum absolute atomic E-state index is 0.0133. The van der Waals surface area contributed by atoms with E-state index in [2.05, 4.69) is 16.0 Å². The topological polar surface area (TPSA) is 132 Å². The summed E-state index contributed by atoms with van der Waals surface area (Å²) in [6.45, 7) is 1.16. The van der Waals surface area contributed by atoms with Crippen LogP contribution in [0.25, 0.3) is 0 Å². The van der Waals surface area contributed by atoms with Crippen LogP contribution in [0.2, 0.25) is 0 Å². The molecule has 10 nitrogen and oxygen atoms in total. The standard InChI is InChI=1S/C30H33N3O7/c1-21(32-27(34)18-31-30(37)40-20-24-13-15-25(38-2)16-14-24)28(35)33-26(17-22-9-5-3-6-10-22)29(36)39-19-23-11-7-4-8-12-23/h3-16,21,26H,17-20H2,1-2H3,(H,31,37)(H,32,34)(H,33,35)/t21-,26+/m1/s1. The summed E-state index contributed by atoms with van der Waals surface area (Å²) < 4.78 is 15.6. The third-order valence-corrected chi connectivity index (χ3v) is 5.80. The highest BCUT2D eigenvalue weighted by Crippen LogP contribution is 2.12. The summed E-state index contributed by atoms with van der Waals surface area (Å²) >= 11 is 0. The van der Waals surface area contributed by atoms with Crippen LogP contribution in [0.3, 0.4) is 0 Å². The van der Waals surface area contributed by atoms with Gasteiger partial charge in [-0.15, -0.1) is 0 Å². The van der Waals surface area contributed by atoms with Crippen molar-refractivity contribution in [2.45, 2.75) is 38.6 Å². The van der Waals surface area contributed by atoms with Crippen LogP contribution >= 0.6 is 0 Å². The molecule has 0 spiro atoms. The van der Waals surface area contributed by atoms with Gasteiger partial charge in [-0.3, -0.25) is 9.59 Å². The molecular weight excluding hydrogens is 514 g/mol. The molecule has 0 fully saturated rings. The zero-order valence-electron chi connectivity index (χ0n) is 22.4. The van der Waals surface area contributed by atoms with Crippen molar-refractivity contribution in [3.63, 3.8) is 0 Å². The van der Waals surface area contributed by atoms with Crippen molar-refractivity contribution in [1.29, 1.82) is 0 Å². The third kappa shape index (κ3) is 10.1. The van der Waals surface area contributed by atoms with Crippen molar-refractivity contribution >= 4 is 23.9 Å². The first kappa shape index (κ1) is 29.7. The van der Waals surface area contributed by atoms with Gasteiger partial charge in [0.05, 0.1) is 7.11 Å². The van der Waals surface area contributed by atoms with Gasteiger partial charge in [0.25, 0.3) is 0 Å². The number of nitrogens with one attached hydrogen (secondary N) is 3. The summed E-state index contributed by atoms with van der Waals surface area (Å²) in [4.78, 5) is 50.0. The number of amides is 3. The van der Waals surface area contributed by atoms with Crippen molar-refractivity contribution in [2.24, 2.45) is 0 Å². The lowest BCUT2D eigenvalue weighted by Crippen LogP contribution is -2.52. The smallest absolute Gasteiger partial charge is 0.407 e. The molecule has 10 heteroatoms. The van der Waals surface area contributed by atoms with Gasteiger partial charge < -0.3 is 30.2 Å². The molecule has 40 heavy (non-hydrogen) atoms.